The third kappa shape index (κ3) is 2.99. The second kappa shape index (κ2) is 6.13. The van der Waals surface area contributed by atoms with E-state index in [1.165, 1.54) is 11.1 Å². The van der Waals surface area contributed by atoms with Gasteiger partial charge in [-0.15, -0.1) is 0 Å². The van der Waals surface area contributed by atoms with Crippen molar-refractivity contribution in [1.29, 1.82) is 0 Å². The van der Waals surface area contributed by atoms with E-state index in [4.69, 9.17) is 17.3 Å². The molecule has 0 amide bonds. The van der Waals surface area contributed by atoms with E-state index in [0.717, 1.165) is 21.7 Å². The van der Waals surface area contributed by atoms with Crippen LogP contribution in [0.2, 0.25) is 5.02 Å². The van der Waals surface area contributed by atoms with Gasteiger partial charge in [-0.05, 0) is 39.9 Å². The summed E-state index contributed by atoms with van der Waals surface area (Å²) in [5.41, 5.74) is 11.6. The minimum atomic E-state index is 0.507. The molecular weight excluding hydrogens is 278 g/mol. The maximum atomic E-state index is 6.11. The number of hydrogen-bond donors (Lipinski definition) is 1. The molecule has 0 radical (unpaired) electrons. The first-order valence-electron chi connectivity index (χ1n) is 6.92. The standard InChI is InChI=1S/C19H16ClN/c20-18-11-10-17(13-21)19(12-18)16-8-6-15(7-9-16)14-4-2-1-3-5-14/h1-12H,13,21H2. The van der Waals surface area contributed by atoms with Crippen molar-refractivity contribution < 1.29 is 0 Å². The SMILES string of the molecule is NCc1ccc(Cl)cc1-c1ccc(-c2ccccc2)cc1. The highest BCUT2D eigenvalue weighted by molar-refractivity contribution is 6.30. The Bertz CT molecular complexity index is 733. The molecule has 104 valence electrons. The lowest BCUT2D eigenvalue weighted by molar-refractivity contribution is 1.07. The van der Waals surface area contributed by atoms with Crippen LogP contribution >= 0.6 is 11.6 Å². The first kappa shape index (κ1) is 13.9. The van der Waals surface area contributed by atoms with Crippen LogP contribution in [0.4, 0.5) is 0 Å². The molecule has 0 aromatic heterocycles. The Morgan fingerprint density at radius 3 is 2.00 bits per heavy atom. The van der Waals surface area contributed by atoms with Crippen molar-refractivity contribution >= 4 is 11.6 Å². The maximum Gasteiger partial charge on any atom is 0.0412 e. The average molecular weight is 294 g/mol. The number of rotatable bonds is 3. The van der Waals surface area contributed by atoms with Crippen LogP contribution in [-0.4, -0.2) is 0 Å². The normalized spacial score (nSPS) is 10.6. The van der Waals surface area contributed by atoms with Crippen LogP contribution in [0.1, 0.15) is 5.56 Å². The molecule has 2 N–H and O–H groups in total. The first-order chi connectivity index (χ1) is 10.3. The summed E-state index contributed by atoms with van der Waals surface area (Å²) in [5, 5.41) is 0.731. The van der Waals surface area contributed by atoms with E-state index < -0.39 is 0 Å². The van der Waals surface area contributed by atoms with E-state index in [1.807, 2.05) is 36.4 Å². The fourth-order valence-electron chi connectivity index (χ4n) is 2.47. The molecular formula is C19H16ClN. The van der Waals surface area contributed by atoms with Gasteiger partial charge in [-0.3, -0.25) is 0 Å². The minimum Gasteiger partial charge on any atom is -0.326 e. The third-order valence-corrected chi connectivity index (χ3v) is 3.83. The van der Waals surface area contributed by atoms with Gasteiger partial charge in [0, 0.05) is 11.6 Å². The molecule has 0 saturated carbocycles. The van der Waals surface area contributed by atoms with Crippen LogP contribution in [0.3, 0.4) is 0 Å². The molecule has 3 aromatic carbocycles. The van der Waals surface area contributed by atoms with Gasteiger partial charge >= 0.3 is 0 Å². The van der Waals surface area contributed by atoms with Crippen molar-refractivity contribution in [3.63, 3.8) is 0 Å². The molecule has 0 aliphatic carbocycles. The Balaban J connectivity index is 2.00. The van der Waals surface area contributed by atoms with Gasteiger partial charge in [-0.1, -0.05) is 72.3 Å². The zero-order chi connectivity index (χ0) is 14.7. The fourth-order valence-corrected chi connectivity index (χ4v) is 2.64. The Morgan fingerprint density at radius 2 is 1.33 bits per heavy atom. The molecule has 21 heavy (non-hydrogen) atoms. The molecule has 0 spiro atoms. The summed E-state index contributed by atoms with van der Waals surface area (Å²) < 4.78 is 0. The van der Waals surface area contributed by atoms with Crippen molar-refractivity contribution in [3.8, 4) is 22.3 Å². The Kier molecular flexibility index (Phi) is 4.05. The van der Waals surface area contributed by atoms with Gasteiger partial charge in [0.1, 0.15) is 0 Å². The van der Waals surface area contributed by atoms with Crippen LogP contribution in [0.25, 0.3) is 22.3 Å². The van der Waals surface area contributed by atoms with Gasteiger partial charge in [-0.2, -0.15) is 0 Å². The smallest absolute Gasteiger partial charge is 0.0412 e. The predicted octanol–water partition coefficient (Wildman–Crippen LogP) is 5.13. The predicted molar refractivity (Wildman–Crippen MR) is 90.2 cm³/mol. The molecule has 3 aromatic rings. The molecule has 3 rings (SSSR count). The lowest BCUT2D eigenvalue weighted by atomic mass is 9.97. The van der Waals surface area contributed by atoms with E-state index in [2.05, 4.69) is 36.4 Å². The number of benzene rings is 3. The van der Waals surface area contributed by atoms with Gasteiger partial charge in [-0.25, -0.2) is 0 Å². The van der Waals surface area contributed by atoms with Crippen molar-refractivity contribution in [2.45, 2.75) is 6.54 Å². The van der Waals surface area contributed by atoms with Gasteiger partial charge in [0.05, 0.1) is 0 Å². The molecule has 0 bridgehead atoms. The van der Waals surface area contributed by atoms with Crippen molar-refractivity contribution in [2.24, 2.45) is 5.73 Å². The molecule has 0 aliphatic rings. The summed E-state index contributed by atoms with van der Waals surface area (Å²) in [6.45, 7) is 0.507. The Morgan fingerprint density at radius 1 is 0.714 bits per heavy atom. The molecule has 0 saturated heterocycles. The van der Waals surface area contributed by atoms with Gasteiger partial charge in [0.25, 0.3) is 0 Å². The number of hydrogen-bond acceptors (Lipinski definition) is 1. The Labute approximate surface area is 130 Å². The maximum absolute atomic E-state index is 6.11. The van der Waals surface area contributed by atoms with Gasteiger partial charge < -0.3 is 5.73 Å². The zero-order valence-corrected chi connectivity index (χ0v) is 12.3. The number of nitrogens with two attached hydrogens (primary N) is 1. The van der Waals surface area contributed by atoms with Crippen LogP contribution in [0, 0.1) is 0 Å². The fraction of sp³-hybridized carbons (Fsp3) is 0.0526. The molecule has 2 heteroatoms. The van der Waals surface area contributed by atoms with Crippen molar-refractivity contribution in [3.05, 3.63) is 83.4 Å². The third-order valence-electron chi connectivity index (χ3n) is 3.59. The van der Waals surface area contributed by atoms with Crippen LogP contribution in [0.15, 0.2) is 72.8 Å². The highest BCUT2D eigenvalue weighted by Gasteiger charge is 2.05. The lowest BCUT2D eigenvalue weighted by Crippen LogP contribution is -1.98. The van der Waals surface area contributed by atoms with E-state index in [0.29, 0.717) is 6.54 Å². The van der Waals surface area contributed by atoms with Crippen LogP contribution in [0.5, 0.6) is 0 Å². The summed E-state index contributed by atoms with van der Waals surface area (Å²) in [5.74, 6) is 0. The van der Waals surface area contributed by atoms with Crippen LogP contribution in [-0.2, 0) is 6.54 Å². The van der Waals surface area contributed by atoms with Gasteiger partial charge in [0.15, 0.2) is 0 Å². The van der Waals surface area contributed by atoms with Crippen molar-refractivity contribution in [1.82, 2.24) is 0 Å². The molecule has 1 nitrogen and oxygen atoms in total. The lowest BCUT2D eigenvalue weighted by Gasteiger charge is -2.10. The van der Waals surface area contributed by atoms with E-state index in [9.17, 15) is 0 Å². The monoisotopic (exact) mass is 293 g/mol. The summed E-state index contributed by atoms with van der Waals surface area (Å²) in [6.07, 6.45) is 0. The minimum absolute atomic E-state index is 0.507. The van der Waals surface area contributed by atoms with E-state index >= 15 is 0 Å². The molecule has 0 aliphatic heterocycles. The second-order valence-electron chi connectivity index (χ2n) is 4.95. The highest BCUT2D eigenvalue weighted by atomic mass is 35.5. The summed E-state index contributed by atoms with van der Waals surface area (Å²) in [4.78, 5) is 0. The Hall–Kier alpha value is -2.09. The van der Waals surface area contributed by atoms with Gasteiger partial charge in [0.2, 0.25) is 0 Å². The topological polar surface area (TPSA) is 26.0 Å². The average Bonchev–Trinajstić information content (AvgIpc) is 2.56. The quantitative estimate of drug-likeness (QED) is 0.711. The number of halogens is 1. The molecule has 0 atom stereocenters. The first-order valence-corrected chi connectivity index (χ1v) is 7.30. The second-order valence-corrected chi connectivity index (χ2v) is 5.39. The van der Waals surface area contributed by atoms with E-state index in [1.54, 1.807) is 0 Å². The summed E-state index contributed by atoms with van der Waals surface area (Å²) in [6, 6.07) is 24.7. The zero-order valence-electron chi connectivity index (χ0n) is 11.6. The van der Waals surface area contributed by atoms with E-state index in [-0.39, 0.29) is 0 Å². The summed E-state index contributed by atoms with van der Waals surface area (Å²) in [7, 11) is 0. The molecule has 0 unspecified atom stereocenters. The summed E-state index contributed by atoms with van der Waals surface area (Å²) >= 11 is 6.11. The molecule has 0 heterocycles. The largest absolute Gasteiger partial charge is 0.326 e. The highest BCUT2D eigenvalue weighted by Crippen LogP contribution is 2.29. The van der Waals surface area contributed by atoms with Crippen LogP contribution < -0.4 is 5.73 Å². The van der Waals surface area contributed by atoms with Crippen molar-refractivity contribution in [2.75, 3.05) is 0 Å². The molecule has 0 fully saturated rings.